The van der Waals surface area contributed by atoms with Crippen molar-refractivity contribution in [3.8, 4) is 46.0 Å². The van der Waals surface area contributed by atoms with Crippen molar-refractivity contribution < 1.29 is 52.6 Å². The normalized spacial score (nSPS) is 11.5. The third-order valence-electron chi connectivity index (χ3n) is 9.85. The van der Waals surface area contributed by atoms with Crippen molar-refractivity contribution in [2.24, 2.45) is 5.73 Å². The molecule has 4 N–H and O–H groups in total. The molecular formula is C48H70N4O11. The van der Waals surface area contributed by atoms with Crippen LogP contribution >= 0.6 is 0 Å². The fraction of sp³-hybridized carbons (Fsp3) is 0.458. The minimum absolute atomic E-state index is 0.00953. The van der Waals surface area contributed by atoms with E-state index in [1.165, 1.54) is 31.9 Å². The minimum atomic E-state index is -1.04. The summed E-state index contributed by atoms with van der Waals surface area (Å²) in [7, 11) is 17.4. The third kappa shape index (κ3) is 16.7. The molecule has 2 unspecified atom stereocenters. The second-order valence-corrected chi connectivity index (χ2v) is 14.6. The van der Waals surface area contributed by atoms with E-state index in [2.05, 4.69) is 41.1 Å². The lowest BCUT2D eigenvalue weighted by Crippen LogP contribution is -2.34. The number of benzene rings is 4. The molecule has 2 atom stereocenters. The zero-order valence-corrected chi connectivity index (χ0v) is 39.2. The first-order valence-electron chi connectivity index (χ1n) is 20.9. The number of ether oxygens (including phenoxy) is 8. The van der Waals surface area contributed by atoms with Gasteiger partial charge in [0.25, 0.3) is 5.91 Å². The summed E-state index contributed by atoms with van der Waals surface area (Å²) in [6, 6.07) is 22.4. The number of likely N-dealkylation sites (N-methyl/N-ethyl adjacent to an activating group) is 2. The molecule has 0 heterocycles. The predicted molar refractivity (Wildman–Crippen MR) is 247 cm³/mol. The van der Waals surface area contributed by atoms with Gasteiger partial charge in [0, 0.05) is 24.7 Å². The summed E-state index contributed by atoms with van der Waals surface area (Å²) in [6.45, 7) is 6.32. The zero-order chi connectivity index (χ0) is 46.9. The maximum absolute atomic E-state index is 12.9. The molecule has 15 nitrogen and oxygen atoms in total. The Morgan fingerprint density at radius 1 is 0.587 bits per heavy atom. The van der Waals surface area contributed by atoms with Gasteiger partial charge in [-0.05, 0) is 101 Å². The molecule has 0 radical (unpaired) electrons. The molecule has 4 rings (SSSR count). The van der Waals surface area contributed by atoms with E-state index >= 15 is 0 Å². The first kappa shape index (κ1) is 53.2. The Morgan fingerprint density at radius 3 is 1.25 bits per heavy atom. The Balaban J connectivity index is 0.000000360. The summed E-state index contributed by atoms with van der Waals surface area (Å²) >= 11 is 0. The number of hydrogen-bond acceptors (Lipinski definition) is 13. The minimum Gasteiger partial charge on any atom is -0.497 e. The topological polar surface area (TPSA) is 173 Å². The summed E-state index contributed by atoms with van der Waals surface area (Å²) in [5, 5.41) is 12.0. The first-order valence-corrected chi connectivity index (χ1v) is 20.9. The highest BCUT2D eigenvalue weighted by molar-refractivity contribution is 5.95. The average molecular weight is 879 g/mol. The largest absolute Gasteiger partial charge is 0.497 e. The summed E-state index contributed by atoms with van der Waals surface area (Å²) in [6.07, 6.45) is 3.86. The molecule has 0 aliphatic rings. The van der Waals surface area contributed by atoms with E-state index in [1.54, 1.807) is 40.6 Å². The van der Waals surface area contributed by atoms with Crippen molar-refractivity contribution in [1.82, 2.24) is 15.1 Å². The molecular weight excluding hydrogens is 809 g/mol. The number of hydrogen-bond donors (Lipinski definition) is 3. The zero-order valence-electron chi connectivity index (χ0n) is 39.2. The SMILES string of the molecule is CCCCOc1c(OC)cc(C(=O)NCC(c2ccc(OC)cc2)N(C)C)cc1OC.CCCCOc1c(OC)cc(C(=O)O)cc1OC.COc1ccc(C(CN)N(C)C)cc1. The molecule has 4 aromatic rings. The number of carboxylic acids is 1. The number of methoxy groups -OCH3 is 6. The van der Waals surface area contributed by atoms with E-state index in [4.69, 9.17) is 48.7 Å². The molecule has 0 fully saturated rings. The maximum atomic E-state index is 12.9. The lowest BCUT2D eigenvalue weighted by Gasteiger charge is -2.25. The van der Waals surface area contributed by atoms with Gasteiger partial charge < -0.3 is 63.9 Å². The van der Waals surface area contributed by atoms with Gasteiger partial charge in [0.15, 0.2) is 23.0 Å². The van der Waals surface area contributed by atoms with E-state index < -0.39 is 5.97 Å². The van der Waals surface area contributed by atoms with Crippen LogP contribution < -0.4 is 48.9 Å². The Morgan fingerprint density at radius 2 is 0.952 bits per heavy atom. The van der Waals surface area contributed by atoms with Crippen LogP contribution in [-0.4, -0.2) is 124 Å². The van der Waals surface area contributed by atoms with Crippen LogP contribution in [0.3, 0.4) is 0 Å². The number of unbranched alkanes of at least 4 members (excludes halogenated alkanes) is 2. The van der Waals surface area contributed by atoms with Crippen LogP contribution in [0, 0.1) is 0 Å². The number of nitrogens with two attached hydrogens (primary N) is 1. The van der Waals surface area contributed by atoms with Gasteiger partial charge in [-0.25, -0.2) is 4.79 Å². The summed E-state index contributed by atoms with van der Waals surface area (Å²) < 4.78 is 42.9. The van der Waals surface area contributed by atoms with E-state index in [-0.39, 0.29) is 23.6 Å². The number of nitrogens with zero attached hydrogens (tertiary/aromatic N) is 2. The Kier molecular flexibility index (Phi) is 24.2. The van der Waals surface area contributed by atoms with Crippen LogP contribution in [0.4, 0.5) is 0 Å². The Bertz CT molecular complexity index is 1890. The number of carboxylic acid groups (broad SMARTS) is 1. The molecule has 0 saturated heterocycles. The number of carbonyl (C=O) groups excluding carboxylic acids is 1. The summed E-state index contributed by atoms with van der Waals surface area (Å²) in [5.74, 6) is 3.06. The van der Waals surface area contributed by atoms with E-state index in [1.807, 2.05) is 64.6 Å². The monoisotopic (exact) mass is 879 g/mol. The highest BCUT2D eigenvalue weighted by Crippen LogP contribution is 2.40. The third-order valence-corrected chi connectivity index (χ3v) is 9.85. The number of rotatable bonds is 23. The quantitative estimate of drug-likeness (QED) is 0.0617. The number of nitrogens with one attached hydrogen (secondary N) is 1. The van der Waals surface area contributed by atoms with Crippen LogP contribution in [-0.2, 0) is 0 Å². The van der Waals surface area contributed by atoms with E-state index in [0.717, 1.165) is 42.7 Å². The standard InChI is InChI=1S/C24H34N2O5.C13H18O5.C11H18N2O/c1-7-8-13-31-23-21(29-5)14-18(15-22(23)30-6)24(27)25-16-20(26(2)3)17-9-11-19(28-4)12-10-17;1-4-5-6-18-12-10(16-2)7-9(13(14)15)8-11(12)17-3;1-13(2)11(8-12)9-4-6-10(14-3)7-5-9/h9-12,14-15,20H,7-8,13,16H2,1-6H3,(H,25,27);7-8H,4-6H2,1-3H3,(H,14,15);4-7,11H,8,12H2,1-3H3. The van der Waals surface area contributed by atoms with Crippen molar-refractivity contribution in [2.75, 3.05) is 97.2 Å². The van der Waals surface area contributed by atoms with Gasteiger partial charge in [0.2, 0.25) is 11.5 Å². The van der Waals surface area contributed by atoms with Gasteiger partial charge >= 0.3 is 5.97 Å². The molecule has 348 valence electrons. The molecule has 1 amide bonds. The molecule has 0 spiro atoms. The highest BCUT2D eigenvalue weighted by Gasteiger charge is 2.21. The van der Waals surface area contributed by atoms with Crippen LogP contribution in [0.15, 0.2) is 72.8 Å². The van der Waals surface area contributed by atoms with Gasteiger partial charge in [-0.2, -0.15) is 0 Å². The van der Waals surface area contributed by atoms with Crippen LogP contribution in [0.2, 0.25) is 0 Å². The van der Waals surface area contributed by atoms with Gasteiger partial charge in [0.05, 0.1) is 67.5 Å². The number of aromatic carboxylic acids is 1. The van der Waals surface area contributed by atoms with Crippen molar-refractivity contribution in [3.05, 3.63) is 95.1 Å². The Hall–Kier alpha value is -5.90. The van der Waals surface area contributed by atoms with Gasteiger partial charge in [-0.1, -0.05) is 51.0 Å². The summed E-state index contributed by atoms with van der Waals surface area (Å²) in [5.41, 5.74) is 8.56. The van der Waals surface area contributed by atoms with Crippen LogP contribution in [0.1, 0.15) is 83.5 Å². The fourth-order valence-corrected chi connectivity index (χ4v) is 6.12. The first-order chi connectivity index (χ1) is 30.3. The molecule has 0 aliphatic carbocycles. The van der Waals surface area contributed by atoms with Crippen molar-refractivity contribution in [1.29, 1.82) is 0 Å². The second-order valence-electron chi connectivity index (χ2n) is 14.6. The lowest BCUT2D eigenvalue weighted by molar-refractivity contribution is 0.0695. The predicted octanol–water partition coefficient (Wildman–Crippen LogP) is 7.76. The smallest absolute Gasteiger partial charge is 0.335 e. The number of amides is 1. The molecule has 63 heavy (non-hydrogen) atoms. The fourth-order valence-electron chi connectivity index (χ4n) is 6.12. The van der Waals surface area contributed by atoms with Gasteiger partial charge in [-0.15, -0.1) is 0 Å². The van der Waals surface area contributed by atoms with E-state index in [0.29, 0.717) is 66.4 Å². The highest BCUT2D eigenvalue weighted by atomic mass is 16.5. The van der Waals surface area contributed by atoms with Crippen molar-refractivity contribution in [2.45, 2.75) is 51.6 Å². The van der Waals surface area contributed by atoms with E-state index in [9.17, 15) is 9.59 Å². The Labute approximate surface area is 374 Å². The van der Waals surface area contributed by atoms with Crippen LogP contribution in [0.5, 0.6) is 46.0 Å². The van der Waals surface area contributed by atoms with Gasteiger partial charge in [-0.3, -0.25) is 4.79 Å². The average Bonchev–Trinajstić information content (AvgIpc) is 3.29. The second kappa shape index (κ2) is 28.7. The molecule has 0 bridgehead atoms. The summed E-state index contributed by atoms with van der Waals surface area (Å²) in [4.78, 5) is 28.0. The lowest BCUT2D eigenvalue weighted by atomic mass is 10.1. The molecule has 0 aromatic heterocycles. The molecule has 4 aromatic carbocycles. The van der Waals surface area contributed by atoms with Gasteiger partial charge in [0.1, 0.15) is 11.5 Å². The molecule has 0 aliphatic heterocycles. The van der Waals surface area contributed by atoms with Crippen molar-refractivity contribution in [3.63, 3.8) is 0 Å². The van der Waals surface area contributed by atoms with Crippen LogP contribution in [0.25, 0.3) is 0 Å². The van der Waals surface area contributed by atoms with Crippen molar-refractivity contribution >= 4 is 11.9 Å². The molecule has 0 saturated carbocycles. The number of carbonyl (C=O) groups is 2. The molecule has 15 heteroatoms. The maximum Gasteiger partial charge on any atom is 0.335 e.